The van der Waals surface area contributed by atoms with E-state index in [4.69, 9.17) is 0 Å². The Hall–Kier alpha value is -1.48. The van der Waals surface area contributed by atoms with Crippen LogP contribution in [0.25, 0.3) is 0 Å². The smallest absolute Gasteiger partial charge is 0.312 e. The first-order valence-electron chi connectivity index (χ1n) is 14.3. The maximum atomic E-state index is 12.8. The van der Waals surface area contributed by atoms with Gasteiger partial charge in [-0.05, 0) is 92.3 Å². The summed E-state index contributed by atoms with van der Waals surface area (Å²) in [5.74, 6) is -2.36. The molecule has 0 spiro atoms. The number of allylic oxidation sites excluding steroid dienone is 2. The van der Waals surface area contributed by atoms with Crippen LogP contribution in [-0.2, 0) is 9.59 Å². The fourth-order valence-electron chi connectivity index (χ4n) is 10.8. The highest BCUT2D eigenvalue weighted by Gasteiger charge is 2.71. The number of rotatable bonds is 3. The molecular weight excluding hydrogens is 488 g/mol. The van der Waals surface area contributed by atoms with Crippen molar-refractivity contribution in [2.45, 2.75) is 104 Å². The van der Waals surface area contributed by atoms with Gasteiger partial charge in [-0.1, -0.05) is 39.3 Å². The Morgan fingerprint density at radius 1 is 0.895 bits per heavy atom. The Balaban J connectivity index is 1.62. The highest BCUT2D eigenvalue weighted by molar-refractivity contribution is 5.80. The van der Waals surface area contributed by atoms with E-state index in [0.29, 0.717) is 25.7 Å². The van der Waals surface area contributed by atoms with Gasteiger partial charge in [-0.2, -0.15) is 0 Å². The fourth-order valence-corrected chi connectivity index (χ4v) is 10.8. The SMILES string of the molecule is C[C@]12C[C@@H](O)[C@H](O)[C@](C)(CO)[C@@H]1CC[C@]1(C)[C@@H]2CC=C2[C@@H]3C[C@](C)(C(=O)O)[C@@H](O)C[C@]3(C(=O)O)CC[C@]21C. The lowest BCUT2D eigenvalue weighted by Crippen LogP contribution is -2.68. The number of fused-ring (bicyclic) bond motifs is 7. The molecule has 0 aromatic heterocycles. The molecular formula is C30H46O8. The zero-order valence-electron chi connectivity index (χ0n) is 23.4. The minimum absolute atomic E-state index is 0.0249. The monoisotopic (exact) mass is 534 g/mol. The molecule has 0 amide bonds. The van der Waals surface area contributed by atoms with Crippen LogP contribution in [0.1, 0.15) is 86.0 Å². The molecule has 8 nitrogen and oxygen atoms in total. The van der Waals surface area contributed by atoms with Gasteiger partial charge in [-0.3, -0.25) is 9.59 Å². The summed E-state index contributed by atoms with van der Waals surface area (Å²) >= 11 is 0. The van der Waals surface area contributed by atoms with Crippen molar-refractivity contribution in [3.63, 3.8) is 0 Å². The molecule has 5 aliphatic carbocycles. The number of carboxylic acids is 2. The van der Waals surface area contributed by atoms with Crippen LogP contribution in [0.5, 0.6) is 0 Å². The maximum Gasteiger partial charge on any atom is 0.312 e. The molecule has 0 bridgehead atoms. The van der Waals surface area contributed by atoms with Crippen LogP contribution in [0.2, 0.25) is 0 Å². The zero-order chi connectivity index (χ0) is 28.3. The lowest BCUT2D eigenvalue weighted by Gasteiger charge is -2.71. The van der Waals surface area contributed by atoms with Crippen LogP contribution in [0.3, 0.4) is 0 Å². The quantitative estimate of drug-likeness (QED) is 0.302. The highest BCUT2D eigenvalue weighted by atomic mass is 16.4. The first-order chi connectivity index (χ1) is 17.5. The summed E-state index contributed by atoms with van der Waals surface area (Å²) < 4.78 is 0. The summed E-state index contributed by atoms with van der Waals surface area (Å²) in [6, 6.07) is 0. The Bertz CT molecular complexity index is 1070. The van der Waals surface area contributed by atoms with Gasteiger partial charge in [-0.15, -0.1) is 0 Å². The lowest BCUT2D eigenvalue weighted by molar-refractivity contribution is -0.244. The second-order valence-corrected chi connectivity index (χ2v) is 14.8. The van der Waals surface area contributed by atoms with Gasteiger partial charge in [0.25, 0.3) is 0 Å². The largest absolute Gasteiger partial charge is 0.481 e. The Kier molecular flexibility index (Phi) is 6.11. The van der Waals surface area contributed by atoms with Crippen molar-refractivity contribution in [1.29, 1.82) is 0 Å². The second-order valence-electron chi connectivity index (χ2n) is 14.8. The number of aliphatic hydroxyl groups excluding tert-OH is 4. The van der Waals surface area contributed by atoms with Crippen molar-refractivity contribution in [2.75, 3.05) is 6.61 Å². The number of carboxylic acid groups (broad SMARTS) is 2. The molecule has 0 radical (unpaired) electrons. The van der Waals surface area contributed by atoms with Crippen LogP contribution in [0, 0.1) is 50.2 Å². The first-order valence-corrected chi connectivity index (χ1v) is 14.3. The highest BCUT2D eigenvalue weighted by Crippen LogP contribution is 2.75. The number of carbonyl (C=O) groups is 2. The van der Waals surface area contributed by atoms with E-state index in [0.717, 1.165) is 18.4 Å². The van der Waals surface area contributed by atoms with Crippen LogP contribution in [0.15, 0.2) is 11.6 Å². The lowest BCUT2D eigenvalue weighted by atomic mass is 9.33. The number of hydrogen-bond acceptors (Lipinski definition) is 6. The van der Waals surface area contributed by atoms with E-state index in [-0.39, 0.29) is 47.5 Å². The molecule has 214 valence electrons. The van der Waals surface area contributed by atoms with Gasteiger partial charge in [0.1, 0.15) is 0 Å². The van der Waals surface area contributed by atoms with E-state index < -0.39 is 52.4 Å². The molecule has 0 saturated heterocycles. The summed E-state index contributed by atoms with van der Waals surface area (Å²) in [5.41, 5.74) is -3.33. The van der Waals surface area contributed by atoms with Crippen molar-refractivity contribution >= 4 is 11.9 Å². The second kappa shape index (κ2) is 8.27. The predicted octanol–water partition coefficient (Wildman–Crippen LogP) is 3.21. The van der Waals surface area contributed by atoms with Crippen molar-refractivity contribution in [3.8, 4) is 0 Å². The summed E-state index contributed by atoms with van der Waals surface area (Å²) in [4.78, 5) is 25.1. The van der Waals surface area contributed by atoms with Gasteiger partial charge in [-0.25, -0.2) is 0 Å². The normalized spacial score (nSPS) is 56.0. The standard InChI is InChI=1S/C30H46O8/c1-25-13-18(32)22(34)27(3,15-31)19(25)8-9-29(5)20(25)7-6-16-17-12-26(2,23(35)36)21(33)14-30(17,24(37)38)11-10-28(16,29)4/h6,17-22,31-34H,7-15H2,1-5H3,(H,35,36)(H,37,38)/t17-,18+,19+,20+,21-,22-,25-,26-,27+,28+,29+,30+/m0/s1. The average molecular weight is 535 g/mol. The molecule has 0 aromatic carbocycles. The van der Waals surface area contributed by atoms with E-state index >= 15 is 0 Å². The van der Waals surface area contributed by atoms with Crippen LogP contribution < -0.4 is 0 Å². The Labute approximate surface area is 225 Å². The topological polar surface area (TPSA) is 156 Å². The minimum atomic E-state index is -1.42. The zero-order valence-corrected chi connectivity index (χ0v) is 23.4. The number of aliphatic carboxylic acids is 2. The molecule has 0 aromatic rings. The van der Waals surface area contributed by atoms with Gasteiger partial charge in [0.2, 0.25) is 0 Å². The summed E-state index contributed by atoms with van der Waals surface area (Å²) in [7, 11) is 0. The van der Waals surface area contributed by atoms with E-state index in [2.05, 4.69) is 26.8 Å². The van der Waals surface area contributed by atoms with Crippen molar-refractivity contribution in [1.82, 2.24) is 0 Å². The molecule has 4 saturated carbocycles. The van der Waals surface area contributed by atoms with Crippen molar-refractivity contribution in [3.05, 3.63) is 11.6 Å². The van der Waals surface area contributed by atoms with E-state index in [1.54, 1.807) is 6.92 Å². The number of aliphatic hydroxyl groups is 4. The molecule has 38 heavy (non-hydrogen) atoms. The van der Waals surface area contributed by atoms with E-state index in [9.17, 15) is 40.2 Å². The van der Waals surface area contributed by atoms with Crippen LogP contribution in [0.4, 0.5) is 0 Å². The molecule has 8 heteroatoms. The molecule has 0 unspecified atom stereocenters. The van der Waals surface area contributed by atoms with Gasteiger partial charge in [0.15, 0.2) is 0 Å². The van der Waals surface area contributed by atoms with E-state index in [1.807, 2.05) is 6.92 Å². The van der Waals surface area contributed by atoms with Crippen LogP contribution in [-0.4, -0.2) is 67.5 Å². The molecule has 12 atom stereocenters. The summed E-state index contributed by atoms with van der Waals surface area (Å²) in [5, 5.41) is 63.8. The Morgan fingerprint density at radius 2 is 1.55 bits per heavy atom. The third-order valence-electron chi connectivity index (χ3n) is 13.6. The van der Waals surface area contributed by atoms with Crippen molar-refractivity contribution < 1.29 is 40.2 Å². The Morgan fingerprint density at radius 3 is 2.13 bits per heavy atom. The number of hydrogen-bond donors (Lipinski definition) is 6. The van der Waals surface area contributed by atoms with Gasteiger partial charge < -0.3 is 30.6 Å². The van der Waals surface area contributed by atoms with Crippen molar-refractivity contribution in [2.24, 2.45) is 50.2 Å². The molecule has 0 aliphatic heterocycles. The third kappa shape index (κ3) is 3.12. The molecule has 5 rings (SSSR count). The summed E-state index contributed by atoms with van der Waals surface area (Å²) in [6.45, 7) is 9.95. The van der Waals surface area contributed by atoms with Crippen LogP contribution >= 0.6 is 0 Å². The fraction of sp³-hybridized carbons (Fsp3) is 0.867. The van der Waals surface area contributed by atoms with Gasteiger partial charge in [0.05, 0.1) is 35.7 Å². The molecule has 6 N–H and O–H groups in total. The minimum Gasteiger partial charge on any atom is -0.481 e. The van der Waals surface area contributed by atoms with E-state index in [1.165, 1.54) is 0 Å². The van der Waals surface area contributed by atoms with Gasteiger partial charge in [0, 0.05) is 5.41 Å². The average Bonchev–Trinajstić information content (AvgIpc) is 2.83. The third-order valence-corrected chi connectivity index (χ3v) is 13.6. The predicted molar refractivity (Wildman–Crippen MR) is 139 cm³/mol. The molecule has 0 heterocycles. The first kappa shape index (κ1) is 28.1. The maximum absolute atomic E-state index is 12.8. The summed E-state index contributed by atoms with van der Waals surface area (Å²) in [6.07, 6.45) is 2.80. The molecule has 4 fully saturated rings. The molecule has 5 aliphatic rings. The van der Waals surface area contributed by atoms with Gasteiger partial charge >= 0.3 is 11.9 Å².